The van der Waals surface area contributed by atoms with Crippen LogP contribution in [0.2, 0.25) is 0 Å². The van der Waals surface area contributed by atoms with Gasteiger partial charge in [0, 0.05) is 33.2 Å². The number of benzene rings is 1. The number of sulfonamides is 1. The number of carbonyl (C=O) groups is 2. The van der Waals surface area contributed by atoms with Gasteiger partial charge in [-0.3, -0.25) is 14.5 Å². The van der Waals surface area contributed by atoms with E-state index in [1.165, 1.54) is 24.2 Å². The van der Waals surface area contributed by atoms with Gasteiger partial charge in [0.05, 0.1) is 25.2 Å². The van der Waals surface area contributed by atoms with Crippen LogP contribution in [0.3, 0.4) is 0 Å². The molecule has 2 fully saturated rings. The highest BCUT2D eigenvalue weighted by Gasteiger charge is 2.27. The molecule has 0 spiro atoms. The summed E-state index contributed by atoms with van der Waals surface area (Å²) in [4.78, 5) is 29.1. The third-order valence-electron chi connectivity index (χ3n) is 7.85. The largest absolute Gasteiger partial charge is 0.497 e. The molecule has 1 aromatic carbocycles. The van der Waals surface area contributed by atoms with Gasteiger partial charge in [0.25, 0.3) is 0 Å². The van der Waals surface area contributed by atoms with Gasteiger partial charge in [0.15, 0.2) is 0 Å². The minimum atomic E-state index is -3.71. The first kappa shape index (κ1) is 31.3. The second-order valence-corrected chi connectivity index (χ2v) is 13.0. The number of carbonyl (C=O) groups excluding carboxylic acids is 2. The SMILES string of the molecule is COc1cc(C)c(S(=O)(=O)N(C)CCOCC(=O)N(C)C[C@H]2CC[C@@H](NC(=O)CN3CCCC3)CC2)c(C)c1. The fourth-order valence-electron chi connectivity index (χ4n) is 5.57. The molecule has 2 aliphatic rings. The smallest absolute Gasteiger partial charge is 0.248 e. The van der Waals surface area contributed by atoms with Crippen LogP contribution in [-0.4, -0.2) is 108 Å². The van der Waals surface area contributed by atoms with Crippen molar-refractivity contribution < 1.29 is 27.5 Å². The van der Waals surface area contributed by atoms with Crippen molar-refractivity contribution in [1.29, 1.82) is 0 Å². The maximum Gasteiger partial charge on any atom is 0.248 e. The first-order chi connectivity index (χ1) is 18.5. The van der Waals surface area contributed by atoms with Crippen molar-refractivity contribution in [2.45, 2.75) is 63.3 Å². The number of nitrogens with zero attached hydrogens (tertiary/aromatic N) is 3. The maximum atomic E-state index is 13.1. The number of ether oxygens (including phenoxy) is 2. The lowest BCUT2D eigenvalue weighted by atomic mass is 9.85. The van der Waals surface area contributed by atoms with E-state index in [4.69, 9.17) is 9.47 Å². The molecular weight excluding hydrogens is 520 g/mol. The number of rotatable bonds is 13. The molecule has 220 valence electrons. The Bertz CT molecular complexity index is 1060. The van der Waals surface area contributed by atoms with Crippen molar-refractivity contribution >= 4 is 21.8 Å². The zero-order valence-corrected chi connectivity index (χ0v) is 25.0. The van der Waals surface area contributed by atoms with Gasteiger partial charge in [0.1, 0.15) is 12.4 Å². The van der Waals surface area contributed by atoms with Gasteiger partial charge in [-0.25, -0.2) is 8.42 Å². The Morgan fingerprint density at radius 2 is 1.67 bits per heavy atom. The van der Waals surface area contributed by atoms with Crippen LogP contribution in [0, 0.1) is 19.8 Å². The lowest BCUT2D eigenvalue weighted by Gasteiger charge is -2.32. The molecule has 0 unspecified atom stereocenters. The van der Waals surface area contributed by atoms with E-state index in [0.717, 1.165) is 38.8 Å². The average Bonchev–Trinajstić information content (AvgIpc) is 3.39. The summed E-state index contributed by atoms with van der Waals surface area (Å²) in [6.07, 6.45) is 6.17. The van der Waals surface area contributed by atoms with Gasteiger partial charge in [-0.2, -0.15) is 4.31 Å². The highest BCUT2D eigenvalue weighted by Crippen LogP contribution is 2.28. The molecule has 11 heteroatoms. The highest BCUT2D eigenvalue weighted by atomic mass is 32.2. The van der Waals surface area contributed by atoms with Crippen molar-refractivity contribution in [3.63, 3.8) is 0 Å². The van der Waals surface area contributed by atoms with E-state index in [-0.39, 0.29) is 42.5 Å². The van der Waals surface area contributed by atoms with Crippen LogP contribution in [0.5, 0.6) is 5.75 Å². The fraction of sp³-hybridized carbons (Fsp3) is 0.714. The summed E-state index contributed by atoms with van der Waals surface area (Å²) in [5.74, 6) is 1.02. The molecule has 0 radical (unpaired) electrons. The van der Waals surface area contributed by atoms with Crippen molar-refractivity contribution in [2.75, 3.05) is 67.1 Å². The summed E-state index contributed by atoms with van der Waals surface area (Å²) in [5.41, 5.74) is 1.24. The number of likely N-dealkylation sites (tertiary alicyclic amines) is 1. The molecule has 0 aromatic heterocycles. The number of aryl methyl sites for hydroxylation is 2. The van der Waals surface area contributed by atoms with E-state index < -0.39 is 10.0 Å². The van der Waals surface area contributed by atoms with E-state index in [9.17, 15) is 18.0 Å². The third-order valence-corrected chi connectivity index (χ3v) is 10.0. The normalized spacial score (nSPS) is 20.3. The Kier molecular flexibility index (Phi) is 11.6. The summed E-state index contributed by atoms with van der Waals surface area (Å²) < 4.78 is 38.3. The third kappa shape index (κ3) is 8.89. The Morgan fingerprint density at radius 1 is 1.05 bits per heavy atom. The molecule has 1 aliphatic heterocycles. The monoisotopic (exact) mass is 566 g/mol. The van der Waals surface area contributed by atoms with Crippen LogP contribution in [0.4, 0.5) is 0 Å². The number of hydrogen-bond acceptors (Lipinski definition) is 7. The molecule has 0 atom stereocenters. The standard InChI is InChI=1S/C28H46N4O6S/c1-21-16-25(37-5)17-22(2)28(21)39(35,36)31(4)14-15-38-20-27(34)30(3)18-23-8-10-24(11-9-23)29-26(33)19-32-12-6-7-13-32/h16-17,23-24H,6-15,18-20H2,1-5H3,(H,29,33)/t23-,24+. The van der Waals surface area contributed by atoms with Crippen LogP contribution < -0.4 is 10.1 Å². The Hall–Kier alpha value is -2.21. The second-order valence-electron chi connectivity index (χ2n) is 11.0. The summed E-state index contributed by atoms with van der Waals surface area (Å²) >= 11 is 0. The molecule has 1 heterocycles. The van der Waals surface area contributed by atoms with E-state index in [1.807, 2.05) is 0 Å². The zero-order valence-electron chi connectivity index (χ0n) is 24.2. The molecular formula is C28H46N4O6S. The number of nitrogens with one attached hydrogen (secondary N) is 1. The van der Waals surface area contributed by atoms with Crippen molar-refractivity contribution in [2.24, 2.45) is 5.92 Å². The van der Waals surface area contributed by atoms with Gasteiger partial charge < -0.3 is 19.7 Å². The topological polar surface area (TPSA) is 108 Å². The Balaban J connectivity index is 1.34. The van der Waals surface area contributed by atoms with Crippen molar-refractivity contribution in [3.8, 4) is 5.75 Å². The van der Waals surface area contributed by atoms with Crippen LogP contribution >= 0.6 is 0 Å². The Morgan fingerprint density at radius 3 is 2.26 bits per heavy atom. The maximum absolute atomic E-state index is 13.1. The molecule has 1 aromatic rings. The highest BCUT2D eigenvalue weighted by molar-refractivity contribution is 7.89. The first-order valence-electron chi connectivity index (χ1n) is 14.0. The zero-order chi connectivity index (χ0) is 28.6. The molecule has 2 amide bonds. The van der Waals surface area contributed by atoms with Gasteiger partial charge >= 0.3 is 0 Å². The van der Waals surface area contributed by atoms with Crippen LogP contribution in [-0.2, 0) is 24.3 Å². The van der Waals surface area contributed by atoms with Crippen LogP contribution in [0.15, 0.2) is 17.0 Å². The van der Waals surface area contributed by atoms with Crippen LogP contribution in [0.25, 0.3) is 0 Å². The lowest BCUT2D eigenvalue weighted by molar-refractivity contribution is -0.135. The average molecular weight is 567 g/mol. The van der Waals surface area contributed by atoms with Gasteiger partial charge in [-0.1, -0.05) is 0 Å². The van der Waals surface area contributed by atoms with E-state index >= 15 is 0 Å². The summed E-state index contributed by atoms with van der Waals surface area (Å²) in [6.45, 7) is 6.85. The minimum absolute atomic E-state index is 0.0904. The van der Waals surface area contributed by atoms with E-state index in [2.05, 4.69) is 10.2 Å². The predicted octanol–water partition coefficient (Wildman–Crippen LogP) is 2.18. The number of methoxy groups -OCH3 is 1. The number of amides is 2. The molecule has 3 rings (SSSR count). The fourth-order valence-corrected chi connectivity index (χ4v) is 7.13. The molecule has 10 nitrogen and oxygen atoms in total. The van der Waals surface area contributed by atoms with Gasteiger partial charge in [-0.15, -0.1) is 0 Å². The predicted molar refractivity (Wildman–Crippen MR) is 150 cm³/mol. The molecule has 1 aliphatic carbocycles. The first-order valence-corrected chi connectivity index (χ1v) is 15.4. The summed E-state index contributed by atoms with van der Waals surface area (Å²) in [5, 5.41) is 3.18. The summed E-state index contributed by atoms with van der Waals surface area (Å²) in [6, 6.07) is 3.63. The van der Waals surface area contributed by atoms with Crippen molar-refractivity contribution in [1.82, 2.24) is 19.4 Å². The molecule has 1 saturated carbocycles. The van der Waals surface area contributed by atoms with Gasteiger partial charge in [-0.05, 0) is 94.6 Å². The van der Waals surface area contributed by atoms with Gasteiger partial charge in [0.2, 0.25) is 21.8 Å². The van der Waals surface area contributed by atoms with Crippen molar-refractivity contribution in [3.05, 3.63) is 23.3 Å². The Labute approximate surface area is 234 Å². The quantitative estimate of drug-likeness (QED) is 0.365. The van der Waals surface area contributed by atoms with E-state index in [1.54, 1.807) is 45.0 Å². The summed E-state index contributed by atoms with van der Waals surface area (Å²) in [7, 11) is 1.14. The van der Waals surface area contributed by atoms with E-state index in [0.29, 0.717) is 35.9 Å². The number of hydrogen-bond donors (Lipinski definition) is 1. The van der Waals surface area contributed by atoms with Crippen LogP contribution in [0.1, 0.15) is 49.7 Å². The lowest BCUT2D eigenvalue weighted by Crippen LogP contribution is -2.44. The second kappa shape index (κ2) is 14.4. The number of likely N-dealkylation sites (N-methyl/N-ethyl adjacent to an activating group) is 2. The molecule has 1 N–H and O–H groups in total. The molecule has 1 saturated heterocycles. The minimum Gasteiger partial charge on any atom is -0.497 e. The molecule has 39 heavy (non-hydrogen) atoms. The molecule has 0 bridgehead atoms.